The van der Waals surface area contributed by atoms with Gasteiger partial charge in [0.2, 0.25) is 5.91 Å². The second-order valence-corrected chi connectivity index (χ2v) is 7.26. The summed E-state index contributed by atoms with van der Waals surface area (Å²) in [4.78, 5) is 27.9. The van der Waals surface area contributed by atoms with Gasteiger partial charge in [0.05, 0.1) is 17.4 Å². The maximum absolute atomic E-state index is 13.0. The number of amides is 1. The molecule has 148 valence electrons. The number of nitrogen functional groups attached to an aromatic ring is 1. The Hall–Kier alpha value is -2.93. The van der Waals surface area contributed by atoms with E-state index >= 15 is 0 Å². The van der Waals surface area contributed by atoms with E-state index in [9.17, 15) is 14.9 Å². The van der Waals surface area contributed by atoms with Crippen molar-refractivity contribution in [2.75, 3.05) is 32.4 Å². The topological polar surface area (TPSA) is 92.7 Å². The fourth-order valence-corrected chi connectivity index (χ4v) is 3.73. The molecule has 7 heteroatoms. The number of nitrogens with two attached hydrogens (primary N) is 1. The van der Waals surface area contributed by atoms with Crippen molar-refractivity contribution in [2.45, 2.75) is 25.3 Å². The quantitative estimate of drug-likeness (QED) is 0.451. The number of hydrogen-bond donors (Lipinski definition) is 1. The van der Waals surface area contributed by atoms with Gasteiger partial charge in [-0.25, -0.2) is 0 Å². The van der Waals surface area contributed by atoms with Crippen LogP contribution in [0.15, 0.2) is 48.5 Å². The summed E-state index contributed by atoms with van der Waals surface area (Å²) >= 11 is 0. The number of carbonyl (C=O) groups is 1. The molecule has 0 saturated carbocycles. The number of rotatable bonds is 7. The first-order valence-corrected chi connectivity index (χ1v) is 9.51. The highest BCUT2D eigenvalue weighted by Crippen LogP contribution is 2.26. The third-order valence-corrected chi connectivity index (χ3v) is 5.32. The predicted octanol–water partition coefficient (Wildman–Crippen LogP) is 3.02. The SMILES string of the molecule is CN(C(=O)Cc1ccccc1[N+](=O)[O-])[C@H](CN1CCCC1)c1cccc(N)c1. The molecule has 1 amide bonds. The minimum Gasteiger partial charge on any atom is -0.399 e. The Morgan fingerprint density at radius 3 is 2.61 bits per heavy atom. The van der Waals surface area contributed by atoms with Crippen LogP contribution in [0.3, 0.4) is 0 Å². The minimum absolute atomic E-state index is 0.00747. The van der Waals surface area contributed by atoms with Gasteiger partial charge in [0, 0.05) is 30.9 Å². The van der Waals surface area contributed by atoms with Crippen molar-refractivity contribution in [1.82, 2.24) is 9.80 Å². The number of nitro groups is 1. The van der Waals surface area contributed by atoms with Crippen LogP contribution in [0.4, 0.5) is 11.4 Å². The van der Waals surface area contributed by atoms with Crippen molar-refractivity contribution in [2.24, 2.45) is 0 Å². The molecule has 28 heavy (non-hydrogen) atoms. The fraction of sp³-hybridized carbons (Fsp3) is 0.381. The molecule has 3 rings (SSSR count). The molecule has 0 aromatic heterocycles. The first-order chi connectivity index (χ1) is 13.5. The highest BCUT2D eigenvalue weighted by Gasteiger charge is 2.27. The Morgan fingerprint density at radius 2 is 1.93 bits per heavy atom. The molecule has 0 radical (unpaired) electrons. The van der Waals surface area contributed by atoms with Crippen molar-refractivity contribution in [3.63, 3.8) is 0 Å². The number of para-hydroxylation sites is 1. The maximum Gasteiger partial charge on any atom is 0.273 e. The lowest BCUT2D eigenvalue weighted by atomic mass is 10.0. The van der Waals surface area contributed by atoms with E-state index < -0.39 is 4.92 Å². The Labute approximate surface area is 164 Å². The fourth-order valence-electron chi connectivity index (χ4n) is 3.73. The number of anilines is 1. The molecular weight excluding hydrogens is 356 g/mol. The van der Waals surface area contributed by atoms with E-state index in [0.29, 0.717) is 11.3 Å². The lowest BCUT2D eigenvalue weighted by Gasteiger charge is -2.32. The highest BCUT2D eigenvalue weighted by molar-refractivity contribution is 5.80. The van der Waals surface area contributed by atoms with Gasteiger partial charge in [-0.05, 0) is 43.6 Å². The van der Waals surface area contributed by atoms with Crippen LogP contribution >= 0.6 is 0 Å². The summed E-state index contributed by atoms with van der Waals surface area (Å²) in [5, 5.41) is 11.3. The van der Waals surface area contributed by atoms with E-state index in [2.05, 4.69) is 4.90 Å². The van der Waals surface area contributed by atoms with E-state index in [4.69, 9.17) is 5.73 Å². The van der Waals surface area contributed by atoms with E-state index in [1.165, 1.54) is 6.07 Å². The molecule has 1 heterocycles. The molecule has 0 bridgehead atoms. The Bertz CT molecular complexity index is 849. The molecular formula is C21H26N4O3. The number of likely N-dealkylation sites (N-methyl/N-ethyl adjacent to an activating group) is 1. The van der Waals surface area contributed by atoms with Gasteiger partial charge in [0.1, 0.15) is 0 Å². The number of likely N-dealkylation sites (tertiary alicyclic amines) is 1. The Balaban J connectivity index is 1.82. The van der Waals surface area contributed by atoms with Gasteiger partial charge in [-0.3, -0.25) is 14.9 Å². The van der Waals surface area contributed by atoms with Gasteiger partial charge in [0.25, 0.3) is 5.69 Å². The largest absolute Gasteiger partial charge is 0.399 e. The number of nitro benzene ring substituents is 1. The summed E-state index contributed by atoms with van der Waals surface area (Å²) in [6.07, 6.45) is 2.32. The lowest BCUT2D eigenvalue weighted by molar-refractivity contribution is -0.385. The summed E-state index contributed by atoms with van der Waals surface area (Å²) in [6.45, 7) is 2.76. The Morgan fingerprint density at radius 1 is 1.21 bits per heavy atom. The molecule has 2 N–H and O–H groups in total. The Kier molecular flexibility index (Phi) is 6.26. The molecule has 1 atom stereocenters. The zero-order valence-electron chi connectivity index (χ0n) is 16.1. The second-order valence-electron chi connectivity index (χ2n) is 7.26. The predicted molar refractivity (Wildman–Crippen MR) is 109 cm³/mol. The summed E-state index contributed by atoms with van der Waals surface area (Å²) in [5.41, 5.74) is 8.00. The summed E-state index contributed by atoms with van der Waals surface area (Å²) in [6, 6.07) is 13.8. The van der Waals surface area contributed by atoms with Crippen LogP contribution in [-0.4, -0.2) is 47.3 Å². The smallest absolute Gasteiger partial charge is 0.273 e. The number of benzene rings is 2. The molecule has 2 aromatic rings. The summed E-state index contributed by atoms with van der Waals surface area (Å²) in [7, 11) is 1.76. The molecule has 1 saturated heterocycles. The molecule has 0 unspecified atom stereocenters. The molecule has 0 spiro atoms. The van der Waals surface area contributed by atoms with Crippen LogP contribution in [0.5, 0.6) is 0 Å². The average molecular weight is 382 g/mol. The van der Waals surface area contributed by atoms with Gasteiger partial charge in [-0.1, -0.05) is 30.3 Å². The van der Waals surface area contributed by atoms with Gasteiger partial charge in [-0.2, -0.15) is 0 Å². The van der Waals surface area contributed by atoms with Crippen molar-refractivity contribution in [3.05, 3.63) is 69.8 Å². The van der Waals surface area contributed by atoms with Gasteiger partial charge < -0.3 is 15.5 Å². The van der Waals surface area contributed by atoms with Gasteiger partial charge in [-0.15, -0.1) is 0 Å². The third kappa shape index (κ3) is 4.67. The first-order valence-electron chi connectivity index (χ1n) is 9.51. The third-order valence-electron chi connectivity index (χ3n) is 5.32. The molecule has 1 aliphatic rings. The number of nitrogens with zero attached hydrogens (tertiary/aromatic N) is 3. The maximum atomic E-state index is 13.0. The molecule has 1 aliphatic heterocycles. The minimum atomic E-state index is -0.442. The van der Waals surface area contributed by atoms with E-state index in [1.807, 2.05) is 24.3 Å². The molecule has 7 nitrogen and oxygen atoms in total. The summed E-state index contributed by atoms with van der Waals surface area (Å²) in [5.74, 6) is -0.152. The van der Waals surface area contributed by atoms with Gasteiger partial charge in [0.15, 0.2) is 0 Å². The standard InChI is InChI=1S/C21H26N4O3/c1-23(21(26)14-17-7-2-3-10-19(17)25(27)28)20(15-24-11-4-5-12-24)16-8-6-9-18(22)13-16/h2-3,6-10,13,20H,4-5,11-12,14-15,22H2,1H3/t20-/m1/s1. The lowest BCUT2D eigenvalue weighted by Crippen LogP contribution is -2.39. The first kappa shape index (κ1) is 19.8. The van der Waals surface area contributed by atoms with Crippen LogP contribution in [0, 0.1) is 10.1 Å². The molecule has 1 fully saturated rings. The number of hydrogen-bond acceptors (Lipinski definition) is 5. The van der Waals surface area contributed by atoms with Crippen molar-refractivity contribution in [1.29, 1.82) is 0 Å². The normalized spacial score (nSPS) is 15.3. The molecule has 0 aliphatic carbocycles. The van der Waals surface area contributed by atoms with E-state index in [0.717, 1.165) is 38.0 Å². The van der Waals surface area contributed by atoms with Crippen LogP contribution in [0.2, 0.25) is 0 Å². The number of carbonyl (C=O) groups excluding carboxylic acids is 1. The van der Waals surface area contributed by atoms with Crippen molar-refractivity contribution >= 4 is 17.3 Å². The van der Waals surface area contributed by atoms with E-state index in [1.54, 1.807) is 30.1 Å². The van der Waals surface area contributed by atoms with Gasteiger partial charge >= 0.3 is 0 Å². The highest BCUT2D eigenvalue weighted by atomic mass is 16.6. The van der Waals surface area contributed by atoms with Crippen LogP contribution < -0.4 is 5.73 Å². The average Bonchev–Trinajstić information content (AvgIpc) is 3.19. The van der Waals surface area contributed by atoms with Crippen molar-refractivity contribution in [3.8, 4) is 0 Å². The zero-order chi connectivity index (χ0) is 20.1. The van der Waals surface area contributed by atoms with Crippen molar-refractivity contribution < 1.29 is 9.72 Å². The van der Waals surface area contributed by atoms with Crippen LogP contribution in [0.25, 0.3) is 0 Å². The van der Waals surface area contributed by atoms with E-state index in [-0.39, 0.29) is 24.1 Å². The monoisotopic (exact) mass is 382 g/mol. The second kappa shape index (κ2) is 8.84. The van der Waals surface area contributed by atoms with Crippen LogP contribution in [-0.2, 0) is 11.2 Å². The zero-order valence-corrected chi connectivity index (χ0v) is 16.1. The van der Waals surface area contributed by atoms with Crippen LogP contribution in [0.1, 0.15) is 30.0 Å². The molecule has 2 aromatic carbocycles. The summed E-state index contributed by atoms with van der Waals surface area (Å²) < 4.78 is 0.